The van der Waals surface area contributed by atoms with E-state index in [1.807, 2.05) is 12.1 Å². The van der Waals surface area contributed by atoms with Gasteiger partial charge >= 0.3 is 0 Å². The zero-order valence-corrected chi connectivity index (χ0v) is 14.5. The molecule has 0 unspecified atom stereocenters. The predicted octanol–water partition coefficient (Wildman–Crippen LogP) is 2.83. The number of allylic oxidation sites excluding steroid dienone is 1. The lowest BCUT2D eigenvalue weighted by molar-refractivity contribution is 0.405. The first-order valence-electron chi connectivity index (χ1n) is 7.92. The molecule has 26 heavy (non-hydrogen) atoms. The summed E-state index contributed by atoms with van der Waals surface area (Å²) in [6.45, 7) is 1.88. The lowest BCUT2D eigenvalue weighted by atomic mass is 10.0. The number of pyridine rings is 1. The second kappa shape index (κ2) is 7.22. The van der Waals surface area contributed by atoms with E-state index in [2.05, 4.69) is 15.5 Å². The number of hydrogen-bond acceptors (Lipinski definition) is 6. The van der Waals surface area contributed by atoms with E-state index >= 15 is 0 Å². The van der Waals surface area contributed by atoms with Gasteiger partial charge in [0.2, 0.25) is 0 Å². The van der Waals surface area contributed by atoms with Crippen molar-refractivity contribution in [1.82, 2.24) is 14.6 Å². The Morgan fingerprint density at radius 2 is 2.19 bits per heavy atom. The number of aromatic nitrogens is 3. The quantitative estimate of drug-likeness (QED) is 0.591. The molecule has 0 saturated heterocycles. The van der Waals surface area contributed by atoms with Gasteiger partial charge in [-0.15, -0.1) is 10.2 Å². The van der Waals surface area contributed by atoms with Crippen molar-refractivity contribution in [3.05, 3.63) is 59.8 Å². The Labute approximate surface area is 149 Å². The molecule has 0 aliphatic carbocycles. The molecule has 1 aromatic carbocycles. The summed E-state index contributed by atoms with van der Waals surface area (Å²) in [6.07, 6.45) is 2.93. The fraction of sp³-hybridized carbons (Fsp3) is 0.167. The third-order valence-electron chi connectivity index (χ3n) is 4.06. The maximum Gasteiger partial charge on any atom is 0.170 e. The summed E-state index contributed by atoms with van der Waals surface area (Å²) in [5.74, 6) is 0.807. The summed E-state index contributed by atoms with van der Waals surface area (Å²) in [7, 11) is 1.51. The van der Waals surface area contributed by atoms with Gasteiger partial charge in [0, 0.05) is 35.2 Å². The van der Waals surface area contributed by atoms with E-state index in [0.717, 1.165) is 0 Å². The van der Waals surface area contributed by atoms with Crippen LogP contribution >= 0.6 is 0 Å². The molecule has 7 nitrogen and oxygen atoms in total. The van der Waals surface area contributed by atoms with Crippen LogP contribution in [0.25, 0.3) is 11.2 Å². The van der Waals surface area contributed by atoms with Crippen molar-refractivity contribution in [1.29, 1.82) is 5.41 Å². The maximum absolute atomic E-state index is 14.1. The molecule has 0 amide bonds. The van der Waals surface area contributed by atoms with Gasteiger partial charge in [-0.1, -0.05) is 6.07 Å². The van der Waals surface area contributed by atoms with Crippen molar-refractivity contribution in [2.24, 2.45) is 5.73 Å². The van der Waals surface area contributed by atoms with Crippen molar-refractivity contribution in [2.45, 2.75) is 13.5 Å². The monoisotopic (exact) mass is 354 g/mol. The maximum atomic E-state index is 14.1. The first-order chi connectivity index (χ1) is 12.6. The molecule has 0 aliphatic rings. The lowest BCUT2D eigenvalue weighted by Gasteiger charge is -2.14. The molecule has 0 aliphatic heterocycles. The van der Waals surface area contributed by atoms with E-state index < -0.39 is 0 Å². The van der Waals surface area contributed by atoms with Gasteiger partial charge < -0.3 is 21.2 Å². The van der Waals surface area contributed by atoms with Crippen LogP contribution < -0.4 is 15.8 Å². The van der Waals surface area contributed by atoms with Crippen LogP contribution in [0.5, 0.6) is 5.75 Å². The minimum atomic E-state index is -0.346. The molecule has 2 heterocycles. The van der Waals surface area contributed by atoms with Crippen LogP contribution in [0.2, 0.25) is 0 Å². The number of methoxy groups -OCH3 is 1. The normalized spacial score (nSPS) is 11.6. The number of halogens is 1. The van der Waals surface area contributed by atoms with Crippen LogP contribution in [0.4, 0.5) is 10.2 Å². The summed E-state index contributed by atoms with van der Waals surface area (Å²) in [5, 5.41) is 19.1. The molecule has 0 radical (unpaired) electrons. The second-order valence-corrected chi connectivity index (χ2v) is 5.64. The van der Waals surface area contributed by atoms with Gasteiger partial charge in [-0.05, 0) is 31.2 Å². The number of rotatable bonds is 6. The smallest absolute Gasteiger partial charge is 0.170 e. The first-order valence-corrected chi connectivity index (χ1v) is 7.92. The minimum absolute atomic E-state index is 0.228. The number of hydrogen-bond donors (Lipinski definition) is 3. The number of ether oxygens (including phenoxy) is 1. The SMILES string of the molecule is COc1cccc(F)c1CNc1ccc(/C(=C/N)C(C)=N)c2nncn12. The van der Waals surface area contributed by atoms with Crippen molar-refractivity contribution in [3.8, 4) is 5.75 Å². The van der Waals surface area contributed by atoms with Gasteiger partial charge in [-0.25, -0.2) is 4.39 Å². The van der Waals surface area contributed by atoms with Crippen LogP contribution in [0.1, 0.15) is 18.1 Å². The zero-order chi connectivity index (χ0) is 18.7. The highest BCUT2D eigenvalue weighted by Gasteiger charge is 2.14. The number of nitrogens with zero attached hydrogens (tertiary/aromatic N) is 3. The first kappa shape index (κ1) is 17.4. The van der Waals surface area contributed by atoms with Crippen LogP contribution in [0.15, 0.2) is 42.9 Å². The summed E-state index contributed by atoms with van der Waals surface area (Å²) < 4.78 is 21.1. The summed E-state index contributed by atoms with van der Waals surface area (Å²) in [6, 6.07) is 8.32. The summed E-state index contributed by atoms with van der Waals surface area (Å²) in [4.78, 5) is 0. The largest absolute Gasteiger partial charge is 0.496 e. The highest BCUT2D eigenvalue weighted by Crippen LogP contribution is 2.25. The minimum Gasteiger partial charge on any atom is -0.496 e. The number of benzene rings is 1. The van der Waals surface area contributed by atoms with Crippen LogP contribution in [0.3, 0.4) is 0 Å². The number of anilines is 1. The van der Waals surface area contributed by atoms with Gasteiger partial charge in [-0.3, -0.25) is 4.40 Å². The average molecular weight is 354 g/mol. The molecular formula is C18H19FN6O. The van der Waals surface area contributed by atoms with Crippen LogP contribution in [-0.4, -0.2) is 27.4 Å². The molecule has 2 aromatic heterocycles. The van der Waals surface area contributed by atoms with E-state index in [9.17, 15) is 4.39 Å². The molecular weight excluding hydrogens is 335 g/mol. The molecule has 0 atom stereocenters. The second-order valence-electron chi connectivity index (χ2n) is 5.64. The predicted molar refractivity (Wildman–Crippen MR) is 98.8 cm³/mol. The molecule has 0 fully saturated rings. The number of nitrogens with two attached hydrogens (primary N) is 1. The fourth-order valence-corrected chi connectivity index (χ4v) is 2.76. The van der Waals surface area contributed by atoms with E-state index in [4.69, 9.17) is 15.9 Å². The summed E-state index contributed by atoms with van der Waals surface area (Å²) in [5.41, 5.74) is 8.24. The Balaban J connectivity index is 1.96. The van der Waals surface area contributed by atoms with Crippen molar-refractivity contribution >= 4 is 22.7 Å². The highest BCUT2D eigenvalue weighted by atomic mass is 19.1. The van der Waals surface area contributed by atoms with Gasteiger partial charge in [0.05, 0.1) is 7.11 Å². The molecule has 4 N–H and O–H groups in total. The topological polar surface area (TPSA) is 101 Å². The van der Waals surface area contributed by atoms with E-state index in [1.54, 1.807) is 29.8 Å². The van der Waals surface area contributed by atoms with Crippen molar-refractivity contribution < 1.29 is 9.13 Å². The standard InChI is InChI=1S/C18H19FN6O/c1-11(21)13(8-20)12-6-7-17(25-10-23-24-18(12)25)22-9-14-15(19)4-3-5-16(14)26-2/h3-8,10,21-22H,9,20H2,1-2H3/b13-8+,21-11?. The molecule has 0 bridgehead atoms. The van der Waals surface area contributed by atoms with Gasteiger partial charge in [-0.2, -0.15) is 0 Å². The highest BCUT2D eigenvalue weighted by molar-refractivity contribution is 6.22. The van der Waals surface area contributed by atoms with E-state index in [-0.39, 0.29) is 12.4 Å². The number of fused-ring (bicyclic) bond motifs is 1. The molecule has 3 aromatic rings. The third-order valence-corrected chi connectivity index (χ3v) is 4.06. The Kier molecular flexibility index (Phi) is 4.83. The molecule has 8 heteroatoms. The lowest BCUT2D eigenvalue weighted by Crippen LogP contribution is -2.08. The summed E-state index contributed by atoms with van der Waals surface area (Å²) >= 11 is 0. The Morgan fingerprint density at radius 3 is 2.88 bits per heavy atom. The Morgan fingerprint density at radius 1 is 1.38 bits per heavy atom. The zero-order valence-electron chi connectivity index (χ0n) is 14.5. The molecule has 3 rings (SSSR count). The molecule has 134 valence electrons. The average Bonchev–Trinajstić information content (AvgIpc) is 3.12. The van der Waals surface area contributed by atoms with E-state index in [1.165, 1.54) is 19.4 Å². The van der Waals surface area contributed by atoms with Crippen molar-refractivity contribution in [3.63, 3.8) is 0 Å². The molecule has 0 saturated carbocycles. The van der Waals surface area contributed by atoms with Crippen LogP contribution in [0, 0.1) is 11.2 Å². The van der Waals surface area contributed by atoms with Crippen LogP contribution in [-0.2, 0) is 6.54 Å². The third kappa shape index (κ3) is 3.08. The number of nitrogens with one attached hydrogen (secondary N) is 2. The Bertz CT molecular complexity index is 995. The van der Waals surface area contributed by atoms with Gasteiger partial charge in [0.25, 0.3) is 0 Å². The Hall–Kier alpha value is -3.42. The van der Waals surface area contributed by atoms with E-state index in [0.29, 0.717) is 39.6 Å². The molecule has 0 spiro atoms. The van der Waals surface area contributed by atoms with Gasteiger partial charge in [0.1, 0.15) is 23.7 Å². The van der Waals surface area contributed by atoms with Crippen molar-refractivity contribution in [2.75, 3.05) is 12.4 Å². The fourth-order valence-electron chi connectivity index (χ4n) is 2.76. The van der Waals surface area contributed by atoms with Gasteiger partial charge in [0.15, 0.2) is 5.65 Å².